The lowest BCUT2D eigenvalue weighted by atomic mass is 9.93. The van der Waals surface area contributed by atoms with Crippen molar-refractivity contribution in [3.05, 3.63) is 34.1 Å². The van der Waals surface area contributed by atoms with Crippen molar-refractivity contribution in [3.8, 4) is 0 Å². The molecule has 0 aromatic heterocycles. The highest BCUT2D eigenvalue weighted by atomic mass is 79.9. The predicted molar refractivity (Wildman–Crippen MR) is 80.7 cm³/mol. The number of benzene rings is 1. The van der Waals surface area contributed by atoms with Crippen molar-refractivity contribution in [2.24, 2.45) is 5.92 Å². The average Bonchev–Trinajstić information content (AvgIpc) is 2.32. The van der Waals surface area contributed by atoms with Crippen LogP contribution >= 0.6 is 15.9 Å². The number of rotatable bonds is 3. The van der Waals surface area contributed by atoms with Gasteiger partial charge in [-0.2, -0.15) is 0 Å². The van der Waals surface area contributed by atoms with Gasteiger partial charge in [0.2, 0.25) is 0 Å². The molecule has 19 heavy (non-hydrogen) atoms. The molecule has 1 aliphatic heterocycles. The van der Waals surface area contributed by atoms with Crippen LogP contribution in [0.2, 0.25) is 0 Å². The number of piperidine rings is 1. The summed E-state index contributed by atoms with van der Waals surface area (Å²) in [5.74, 6) is 0.441. The third kappa shape index (κ3) is 3.77. The molecule has 0 amide bonds. The van der Waals surface area contributed by atoms with Crippen LogP contribution in [0, 0.1) is 11.7 Å². The van der Waals surface area contributed by atoms with E-state index in [2.05, 4.69) is 47.0 Å². The lowest BCUT2D eigenvalue weighted by Gasteiger charge is -2.37. The molecule has 1 saturated heterocycles. The van der Waals surface area contributed by atoms with E-state index in [-0.39, 0.29) is 11.9 Å². The maximum atomic E-state index is 13.1. The van der Waals surface area contributed by atoms with Crippen molar-refractivity contribution in [2.75, 3.05) is 20.1 Å². The highest BCUT2D eigenvalue weighted by Crippen LogP contribution is 2.26. The Balaban J connectivity index is 2.02. The molecule has 2 nitrogen and oxygen atoms in total. The van der Waals surface area contributed by atoms with Crippen molar-refractivity contribution in [2.45, 2.75) is 32.4 Å². The molecule has 1 aromatic carbocycles. The maximum absolute atomic E-state index is 13.1. The minimum absolute atomic E-state index is 0.199. The van der Waals surface area contributed by atoms with Gasteiger partial charge in [0, 0.05) is 23.1 Å². The van der Waals surface area contributed by atoms with Gasteiger partial charge in [-0.25, -0.2) is 4.39 Å². The molecule has 2 rings (SSSR count). The summed E-state index contributed by atoms with van der Waals surface area (Å²) in [6.45, 7) is 6.71. The van der Waals surface area contributed by atoms with Crippen molar-refractivity contribution in [1.82, 2.24) is 10.2 Å². The van der Waals surface area contributed by atoms with Crippen LogP contribution in [-0.4, -0.2) is 31.1 Å². The van der Waals surface area contributed by atoms with Gasteiger partial charge in [0.1, 0.15) is 5.82 Å². The van der Waals surface area contributed by atoms with E-state index < -0.39 is 0 Å². The van der Waals surface area contributed by atoms with Gasteiger partial charge in [-0.1, -0.05) is 28.9 Å². The van der Waals surface area contributed by atoms with Gasteiger partial charge in [-0.3, -0.25) is 0 Å². The summed E-state index contributed by atoms with van der Waals surface area (Å²) in [7, 11) is 2.17. The summed E-state index contributed by atoms with van der Waals surface area (Å²) in [6, 6.07) is 5.67. The molecule has 1 fully saturated rings. The number of hydrogen-bond acceptors (Lipinski definition) is 2. The second-order valence-electron chi connectivity index (χ2n) is 5.69. The van der Waals surface area contributed by atoms with Crippen LogP contribution in [0.25, 0.3) is 0 Å². The molecule has 3 unspecified atom stereocenters. The summed E-state index contributed by atoms with van der Waals surface area (Å²) in [5, 5.41) is 3.69. The monoisotopic (exact) mass is 328 g/mol. The Morgan fingerprint density at radius 2 is 2.21 bits per heavy atom. The maximum Gasteiger partial charge on any atom is 0.124 e. The number of nitrogens with zero attached hydrogens (tertiary/aromatic N) is 1. The molecule has 3 atom stereocenters. The molecule has 1 aliphatic rings. The average molecular weight is 329 g/mol. The largest absolute Gasteiger partial charge is 0.307 e. The van der Waals surface area contributed by atoms with Crippen LogP contribution in [0.15, 0.2) is 22.7 Å². The van der Waals surface area contributed by atoms with Crippen LogP contribution in [-0.2, 0) is 0 Å². The van der Waals surface area contributed by atoms with Gasteiger partial charge < -0.3 is 10.2 Å². The van der Waals surface area contributed by atoms with Crippen LogP contribution < -0.4 is 5.32 Å². The third-order valence-electron chi connectivity index (χ3n) is 4.00. The summed E-state index contributed by atoms with van der Waals surface area (Å²) in [4.78, 5) is 2.38. The van der Waals surface area contributed by atoms with Crippen LogP contribution in [0.1, 0.15) is 31.9 Å². The first-order chi connectivity index (χ1) is 8.97. The minimum Gasteiger partial charge on any atom is -0.307 e. The SMILES string of the molecule is CC(NC1CCN(C)CC1C)c1ccc(F)cc1Br. The Kier molecular flexibility index (Phi) is 4.98. The first-order valence-corrected chi connectivity index (χ1v) is 7.66. The van der Waals surface area contributed by atoms with Gasteiger partial charge in [0.05, 0.1) is 0 Å². The number of likely N-dealkylation sites (tertiary alicyclic amines) is 1. The van der Waals surface area contributed by atoms with E-state index in [0.29, 0.717) is 12.0 Å². The summed E-state index contributed by atoms with van der Waals surface area (Å²) < 4.78 is 14.0. The minimum atomic E-state index is -0.199. The van der Waals surface area contributed by atoms with Crippen molar-refractivity contribution < 1.29 is 4.39 Å². The van der Waals surface area contributed by atoms with Gasteiger partial charge >= 0.3 is 0 Å². The van der Waals surface area contributed by atoms with E-state index in [1.807, 2.05) is 6.07 Å². The zero-order valence-corrected chi connectivity index (χ0v) is 13.4. The molecule has 1 aromatic rings. The normalized spacial score (nSPS) is 26.4. The fraction of sp³-hybridized carbons (Fsp3) is 0.600. The van der Waals surface area contributed by atoms with E-state index in [4.69, 9.17) is 0 Å². The molecule has 106 valence electrons. The van der Waals surface area contributed by atoms with E-state index in [0.717, 1.165) is 23.1 Å². The predicted octanol–water partition coefficient (Wildman–Crippen LogP) is 3.58. The molecular formula is C15H22BrFN2. The smallest absolute Gasteiger partial charge is 0.124 e. The highest BCUT2D eigenvalue weighted by Gasteiger charge is 2.25. The molecule has 1 heterocycles. The van der Waals surface area contributed by atoms with Gasteiger partial charge in [0.15, 0.2) is 0 Å². The Morgan fingerprint density at radius 1 is 1.47 bits per heavy atom. The molecule has 0 aliphatic carbocycles. The third-order valence-corrected chi connectivity index (χ3v) is 4.69. The lowest BCUT2D eigenvalue weighted by Crippen LogP contribution is -2.47. The lowest BCUT2D eigenvalue weighted by molar-refractivity contribution is 0.168. The first kappa shape index (κ1) is 14.9. The topological polar surface area (TPSA) is 15.3 Å². The summed E-state index contributed by atoms with van der Waals surface area (Å²) >= 11 is 3.45. The second kappa shape index (κ2) is 6.33. The Hall–Kier alpha value is -0.450. The Morgan fingerprint density at radius 3 is 2.84 bits per heavy atom. The highest BCUT2D eigenvalue weighted by molar-refractivity contribution is 9.10. The number of nitrogens with one attached hydrogen (secondary N) is 1. The van der Waals surface area contributed by atoms with E-state index >= 15 is 0 Å². The van der Waals surface area contributed by atoms with E-state index in [1.165, 1.54) is 18.6 Å². The molecule has 0 bridgehead atoms. The van der Waals surface area contributed by atoms with Gasteiger partial charge in [-0.15, -0.1) is 0 Å². The fourth-order valence-corrected chi connectivity index (χ4v) is 3.56. The second-order valence-corrected chi connectivity index (χ2v) is 6.54. The van der Waals surface area contributed by atoms with Crippen LogP contribution in [0.5, 0.6) is 0 Å². The molecule has 0 saturated carbocycles. The Bertz CT molecular complexity index is 438. The van der Waals surface area contributed by atoms with Crippen molar-refractivity contribution >= 4 is 15.9 Å². The molecule has 1 N–H and O–H groups in total. The van der Waals surface area contributed by atoms with Crippen LogP contribution in [0.3, 0.4) is 0 Å². The van der Waals surface area contributed by atoms with Crippen molar-refractivity contribution in [1.29, 1.82) is 0 Å². The van der Waals surface area contributed by atoms with E-state index in [1.54, 1.807) is 0 Å². The van der Waals surface area contributed by atoms with Crippen molar-refractivity contribution in [3.63, 3.8) is 0 Å². The van der Waals surface area contributed by atoms with Crippen LogP contribution in [0.4, 0.5) is 4.39 Å². The standard InChI is InChI=1S/C15H22BrFN2/c1-10-9-19(3)7-6-15(10)18-11(2)13-5-4-12(17)8-14(13)16/h4-5,8,10-11,15,18H,6-7,9H2,1-3H3. The van der Waals surface area contributed by atoms with E-state index in [9.17, 15) is 4.39 Å². The zero-order valence-electron chi connectivity index (χ0n) is 11.8. The molecular weight excluding hydrogens is 307 g/mol. The number of halogens is 2. The Labute approximate surface area is 123 Å². The zero-order chi connectivity index (χ0) is 14.0. The summed E-state index contributed by atoms with van der Waals surface area (Å²) in [6.07, 6.45) is 1.17. The fourth-order valence-electron chi connectivity index (χ4n) is 2.87. The van der Waals surface area contributed by atoms with Gasteiger partial charge in [0.25, 0.3) is 0 Å². The quantitative estimate of drug-likeness (QED) is 0.912. The molecule has 0 radical (unpaired) electrons. The molecule has 4 heteroatoms. The van der Waals surface area contributed by atoms with Gasteiger partial charge in [-0.05, 0) is 50.6 Å². The molecule has 0 spiro atoms. The summed E-state index contributed by atoms with van der Waals surface area (Å²) in [5.41, 5.74) is 1.12. The number of hydrogen-bond donors (Lipinski definition) is 1. The first-order valence-electron chi connectivity index (χ1n) is 6.87.